The van der Waals surface area contributed by atoms with Gasteiger partial charge < -0.3 is 33.8 Å². The summed E-state index contributed by atoms with van der Waals surface area (Å²) in [5.74, 6) is -0.550. The van der Waals surface area contributed by atoms with E-state index >= 15 is 0 Å². The van der Waals surface area contributed by atoms with Crippen molar-refractivity contribution in [2.24, 2.45) is 11.8 Å². The molecule has 0 saturated heterocycles. The fourth-order valence-electron chi connectivity index (χ4n) is 13.0. The molecule has 0 aromatic carbocycles. The van der Waals surface area contributed by atoms with Crippen molar-refractivity contribution in [3.8, 4) is 0 Å². The Morgan fingerprint density at radius 1 is 0.282 bits per heavy atom. The maximum Gasteiger partial charge on any atom is 0.472 e. The number of hydrogen-bond donors (Lipinski definition) is 3. The average molecular weight is 1510 g/mol. The monoisotopic (exact) mass is 1510 g/mol. The number of phosphoric acid groups is 2. The van der Waals surface area contributed by atoms with Crippen molar-refractivity contribution >= 4 is 39.5 Å². The lowest BCUT2D eigenvalue weighted by Crippen LogP contribution is -2.30. The third-order valence-corrected chi connectivity index (χ3v) is 22.0. The highest BCUT2D eigenvalue weighted by Gasteiger charge is 2.30. The minimum Gasteiger partial charge on any atom is -0.462 e. The van der Waals surface area contributed by atoms with Gasteiger partial charge in [0.2, 0.25) is 0 Å². The molecule has 0 amide bonds. The van der Waals surface area contributed by atoms with Crippen LogP contribution in [-0.2, 0) is 65.4 Å². The molecular formula is C84H164O17P2. The molecule has 0 radical (unpaired) electrons. The van der Waals surface area contributed by atoms with Crippen LogP contribution in [0.15, 0.2) is 0 Å². The first-order chi connectivity index (χ1) is 49.9. The zero-order valence-corrected chi connectivity index (χ0v) is 69.4. The van der Waals surface area contributed by atoms with Crippen LogP contribution in [0, 0.1) is 11.8 Å². The first kappa shape index (κ1) is 101. The molecule has 0 bridgehead atoms. The average Bonchev–Trinajstić information content (AvgIpc) is 0.907. The van der Waals surface area contributed by atoms with Gasteiger partial charge in [0.05, 0.1) is 26.4 Å². The van der Waals surface area contributed by atoms with E-state index in [1.807, 2.05) is 0 Å². The number of esters is 4. The summed E-state index contributed by atoms with van der Waals surface area (Å²) >= 11 is 0. The van der Waals surface area contributed by atoms with E-state index in [4.69, 9.17) is 37.0 Å². The number of carbonyl (C=O) groups excluding carboxylic acids is 4. The van der Waals surface area contributed by atoms with E-state index in [9.17, 15) is 43.2 Å². The summed E-state index contributed by atoms with van der Waals surface area (Å²) in [7, 11) is -9.93. The lowest BCUT2D eigenvalue weighted by atomic mass is 9.99. The number of aliphatic hydroxyl groups is 1. The number of phosphoric ester groups is 2. The summed E-state index contributed by atoms with van der Waals surface area (Å²) in [4.78, 5) is 73.2. The topological polar surface area (TPSA) is 237 Å². The van der Waals surface area contributed by atoms with Gasteiger partial charge in [-0.15, -0.1) is 0 Å². The van der Waals surface area contributed by atoms with Crippen LogP contribution < -0.4 is 0 Å². The van der Waals surface area contributed by atoms with Crippen molar-refractivity contribution in [1.29, 1.82) is 0 Å². The van der Waals surface area contributed by atoms with Crippen molar-refractivity contribution in [2.45, 2.75) is 464 Å². The summed E-state index contributed by atoms with van der Waals surface area (Å²) in [5, 5.41) is 10.7. The molecule has 6 atom stereocenters. The molecular weight excluding hydrogens is 1340 g/mol. The third-order valence-electron chi connectivity index (χ3n) is 20.1. The van der Waals surface area contributed by atoms with Crippen molar-refractivity contribution in [1.82, 2.24) is 0 Å². The Kier molecular flexibility index (Phi) is 74.1. The predicted octanol–water partition coefficient (Wildman–Crippen LogP) is 25.5. The van der Waals surface area contributed by atoms with Gasteiger partial charge >= 0.3 is 39.5 Å². The number of aliphatic hydroxyl groups excluding tert-OH is 1. The molecule has 0 rings (SSSR count). The molecule has 3 unspecified atom stereocenters. The lowest BCUT2D eigenvalue weighted by molar-refractivity contribution is -0.161. The van der Waals surface area contributed by atoms with E-state index in [0.717, 1.165) is 102 Å². The van der Waals surface area contributed by atoms with Gasteiger partial charge in [0.25, 0.3) is 0 Å². The fraction of sp³-hybridized carbons (Fsp3) is 0.952. The standard InChI is InChI=1S/C84H164O17P2/c1-7-10-12-14-16-18-20-22-24-26-27-28-29-31-33-38-42-50-56-62-68-83(88)100-79(72-94-81(86)66-60-54-48-41-37-32-30-25-23-21-19-17-15-13-11-8-2)74-98-102(90,91)96-70-78(85)71-97-103(92,93)99-75-80(73-95-82(87)67-61-55-49-45-44-47-53-59-65-77(6)9-3)101-84(89)69-63-57-51-43-39-35-34-36-40-46-52-58-64-76(4)5/h76-80,85H,7-75H2,1-6H3,(H,90,91)(H,92,93)/t77?,78-,79-,80-/m1/s1. The first-order valence-corrected chi connectivity index (χ1v) is 46.5. The molecule has 0 aliphatic heterocycles. The SMILES string of the molecule is CCCCCCCCCCCCCCCCCCCCCCC(=O)O[C@H](COC(=O)CCCCCCCCCCCCCCCCCC)COP(=O)(O)OC[C@@H](O)COP(=O)(O)OC[C@@H](COC(=O)CCCCCCCCCCC(C)CC)OC(=O)CCCCCCCCCCCCCCC(C)C. The van der Waals surface area contributed by atoms with Gasteiger partial charge in [-0.3, -0.25) is 37.3 Å². The second kappa shape index (κ2) is 75.5. The lowest BCUT2D eigenvalue weighted by Gasteiger charge is -2.21. The quantitative estimate of drug-likeness (QED) is 0.0222. The second-order valence-corrected chi connectivity index (χ2v) is 33.8. The van der Waals surface area contributed by atoms with Gasteiger partial charge in [0.15, 0.2) is 12.2 Å². The van der Waals surface area contributed by atoms with Gasteiger partial charge in [-0.2, -0.15) is 0 Å². The zero-order valence-electron chi connectivity index (χ0n) is 67.6. The highest BCUT2D eigenvalue weighted by molar-refractivity contribution is 7.47. The number of rotatable bonds is 83. The van der Waals surface area contributed by atoms with E-state index in [-0.39, 0.29) is 25.7 Å². The van der Waals surface area contributed by atoms with Gasteiger partial charge in [-0.1, -0.05) is 395 Å². The number of ether oxygens (including phenoxy) is 4. The zero-order chi connectivity index (χ0) is 75.6. The van der Waals surface area contributed by atoms with Crippen LogP contribution in [0.25, 0.3) is 0 Å². The number of hydrogen-bond acceptors (Lipinski definition) is 15. The minimum atomic E-state index is -4.96. The van der Waals surface area contributed by atoms with E-state index in [0.29, 0.717) is 25.7 Å². The molecule has 0 fully saturated rings. The Bertz CT molecular complexity index is 1980. The Morgan fingerprint density at radius 3 is 0.738 bits per heavy atom. The molecule has 612 valence electrons. The van der Waals surface area contributed by atoms with Crippen LogP contribution in [0.2, 0.25) is 0 Å². The maximum atomic E-state index is 13.1. The molecule has 0 aromatic rings. The van der Waals surface area contributed by atoms with Crippen molar-refractivity contribution in [2.75, 3.05) is 39.6 Å². The van der Waals surface area contributed by atoms with Gasteiger partial charge in [0.1, 0.15) is 19.3 Å². The maximum absolute atomic E-state index is 13.1. The van der Waals surface area contributed by atoms with E-state index in [1.54, 1.807) is 0 Å². The fourth-order valence-corrected chi connectivity index (χ4v) is 14.6. The van der Waals surface area contributed by atoms with Crippen molar-refractivity contribution < 1.29 is 80.2 Å². The van der Waals surface area contributed by atoms with Crippen molar-refractivity contribution in [3.63, 3.8) is 0 Å². The summed E-state index contributed by atoms with van der Waals surface area (Å²) in [6.45, 7) is 9.67. The Labute approximate surface area is 632 Å². The minimum absolute atomic E-state index is 0.107. The first-order valence-electron chi connectivity index (χ1n) is 43.5. The third kappa shape index (κ3) is 76.6. The molecule has 19 heteroatoms. The Balaban J connectivity index is 5.26. The molecule has 0 aromatic heterocycles. The second-order valence-electron chi connectivity index (χ2n) is 30.9. The summed E-state index contributed by atoms with van der Waals surface area (Å²) in [5.41, 5.74) is 0. The molecule has 17 nitrogen and oxygen atoms in total. The number of carbonyl (C=O) groups is 4. The van der Waals surface area contributed by atoms with Gasteiger partial charge in [-0.05, 0) is 37.5 Å². The molecule has 0 spiro atoms. The number of unbranched alkanes of at least 4 members (excludes halogenated alkanes) is 52. The smallest absolute Gasteiger partial charge is 0.462 e. The van der Waals surface area contributed by atoms with E-state index in [2.05, 4.69) is 41.5 Å². The van der Waals surface area contributed by atoms with Crippen LogP contribution in [0.5, 0.6) is 0 Å². The largest absolute Gasteiger partial charge is 0.472 e. The van der Waals surface area contributed by atoms with Crippen LogP contribution in [0.1, 0.15) is 446 Å². The van der Waals surface area contributed by atoms with Crippen LogP contribution >= 0.6 is 15.6 Å². The summed E-state index contributed by atoms with van der Waals surface area (Å²) in [6, 6.07) is 0. The van der Waals surface area contributed by atoms with E-state index in [1.165, 1.54) is 263 Å². The van der Waals surface area contributed by atoms with Gasteiger partial charge in [0, 0.05) is 25.7 Å². The molecule has 0 aliphatic rings. The summed E-state index contributed by atoms with van der Waals surface area (Å²) < 4.78 is 68.9. The molecule has 3 N–H and O–H groups in total. The summed E-state index contributed by atoms with van der Waals surface area (Å²) in [6.07, 6.45) is 66.5. The van der Waals surface area contributed by atoms with Crippen molar-refractivity contribution in [3.05, 3.63) is 0 Å². The van der Waals surface area contributed by atoms with Gasteiger partial charge in [-0.25, -0.2) is 9.13 Å². The van der Waals surface area contributed by atoms with E-state index < -0.39 is 97.5 Å². The highest BCUT2D eigenvalue weighted by Crippen LogP contribution is 2.45. The Hall–Kier alpha value is -1.94. The van der Waals surface area contributed by atoms with Crippen LogP contribution in [0.4, 0.5) is 0 Å². The normalized spacial score (nSPS) is 14.1. The van der Waals surface area contributed by atoms with Crippen LogP contribution in [-0.4, -0.2) is 96.7 Å². The highest BCUT2D eigenvalue weighted by atomic mass is 31.2. The molecule has 0 heterocycles. The molecule has 0 saturated carbocycles. The Morgan fingerprint density at radius 2 is 0.495 bits per heavy atom. The molecule has 0 aliphatic carbocycles. The molecule has 103 heavy (non-hydrogen) atoms. The predicted molar refractivity (Wildman–Crippen MR) is 423 cm³/mol. The van der Waals surface area contributed by atoms with Crippen LogP contribution in [0.3, 0.4) is 0 Å².